The molecule has 0 radical (unpaired) electrons. The van der Waals surface area contributed by atoms with Crippen LogP contribution in [0.2, 0.25) is 0 Å². The average molecular weight is 433 g/mol. The molecule has 4 bridgehead atoms. The maximum absolute atomic E-state index is 5.97. The molecule has 0 saturated carbocycles. The van der Waals surface area contributed by atoms with Crippen molar-refractivity contribution in [2.24, 2.45) is 0 Å². The fourth-order valence-corrected chi connectivity index (χ4v) is 4.50. The third kappa shape index (κ3) is 4.65. The molecule has 0 spiro atoms. The Morgan fingerprint density at radius 3 is 1.25 bits per heavy atom. The Kier molecular flexibility index (Phi) is 6.65. The summed E-state index contributed by atoms with van der Waals surface area (Å²) in [7, 11) is 3.53. The van der Waals surface area contributed by atoms with E-state index >= 15 is 0 Å². The summed E-state index contributed by atoms with van der Waals surface area (Å²) in [5.74, 6) is 1.85. The minimum atomic E-state index is 0.0332. The molecule has 0 aromatic heterocycles. The number of aryl methyl sites for hydroxylation is 2. The topological polar surface area (TPSA) is 18.5 Å². The number of hydrogen-bond acceptors (Lipinski definition) is 2. The molecule has 2 heteroatoms. The Hall–Kier alpha value is -2.48. The van der Waals surface area contributed by atoms with Crippen molar-refractivity contribution in [3.63, 3.8) is 0 Å². The zero-order valence-corrected chi connectivity index (χ0v) is 21.4. The van der Waals surface area contributed by atoms with Crippen LogP contribution in [-0.4, -0.2) is 14.2 Å². The van der Waals surface area contributed by atoms with Crippen molar-refractivity contribution in [3.05, 3.63) is 70.8 Å². The van der Waals surface area contributed by atoms with Gasteiger partial charge in [-0.05, 0) is 82.0 Å². The minimum Gasteiger partial charge on any atom is -0.496 e. The summed E-state index contributed by atoms with van der Waals surface area (Å²) in [6, 6.07) is 9.12. The second kappa shape index (κ2) is 8.81. The largest absolute Gasteiger partial charge is 0.496 e. The molecule has 172 valence electrons. The third-order valence-electron chi connectivity index (χ3n) is 6.63. The second-order valence-corrected chi connectivity index (χ2v) is 11.1. The molecule has 3 rings (SSSR count). The Morgan fingerprint density at radius 2 is 0.969 bits per heavy atom. The summed E-state index contributed by atoms with van der Waals surface area (Å²) in [5, 5.41) is 0. The highest BCUT2D eigenvalue weighted by atomic mass is 16.5. The van der Waals surface area contributed by atoms with Gasteiger partial charge in [-0.3, -0.25) is 0 Å². The summed E-state index contributed by atoms with van der Waals surface area (Å²) in [6.07, 6.45) is 4.14. The lowest BCUT2D eigenvalue weighted by molar-refractivity contribution is 0.404. The van der Waals surface area contributed by atoms with Gasteiger partial charge in [0.05, 0.1) is 14.2 Å². The lowest BCUT2D eigenvalue weighted by Gasteiger charge is -2.27. The number of fused-ring (bicyclic) bond motifs is 4. The van der Waals surface area contributed by atoms with E-state index in [9.17, 15) is 0 Å². The fraction of sp³-hybridized carbons (Fsp3) is 0.467. The highest BCUT2D eigenvalue weighted by Crippen LogP contribution is 2.44. The van der Waals surface area contributed by atoms with Crippen LogP contribution in [0.4, 0.5) is 0 Å². The van der Waals surface area contributed by atoms with Crippen LogP contribution in [0, 0.1) is 0 Å². The average Bonchev–Trinajstić information content (AvgIpc) is 2.72. The first-order valence-corrected chi connectivity index (χ1v) is 11.7. The van der Waals surface area contributed by atoms with E-state index in [0.717, 1.165) is 59.5 Å². The molecule has 2 nitrogen and oxygen atoms in total. The molecule has 0 saturated heterocycles. The number of benzene rings is 2. The monoisotopic (exact) mass is 432 g/mol. The SMILES string of the molecule is C=C1C(=C)c2cc(C(C)(C)C)cc(c2OC)CCCCc2cc(C(C)(C)C)cc1c2OC. The van der Waals surface area contributed by atoms with Gasteiger partial charge in [-0.1, -0.05) is 66.8 Å². The summed E-state index contributed by atoms with van der Waals surface area (Å²) >= 11 is 0. The third-order valence-corrected chi connectivity index (χ3v) is 6.63. The van der Waals surface area contributed by atoms with Crippen molar-refractivity contribution in [1.29, 1.82) is 0 Å². The van der Waals surface area contributed by atoms with Crippen LogP contribution >= 0.6 is 0 Å². The summed E-state index contributed by atoms with van der Waals surface area (Å²) in [5.41, 5.74) is 9.03. The Morgan fingerprint density at radius 1 is 0.625 bits per heavy atom. The number of rotatable bonds is 2. The molecule has 32 heavy (non-hydrogen) atoms. The summed E-state index contributed by atoms with van der Waals surface area (Å²) in [4.78, 5) is 0. The van der Waals surface area contributed by atoms with E-state index in [1.54, 1.807) is 14.2 Å². The Bertz CT molecular complexity index is 956. The van der Waals surface area contributed by atoms with E-state index in [0.29, 0.717) is 0 Å². The number of methoxy groups -OCH3 is 2. The highest BCUT2D eigenvalue weighted by Gasteiger charge is 2.25. The zero-order valence-electron chi connectivity index (χ0n) is 21.4. The maximum Gasteiger partial charge on any atom is 0.129 e. The first kappa shape index (κ1) is 24.2. The van der Waals surface area contributed by atoms with E-state index in [-0.39, 0.29) is 10.8 Å². The number of allylic oxidation sites excluding steroid dienone is 2. The molecular formula is C30H40O2. The second-order valence-electron chi connectivity index (χ2n) is 11.1. The predicted octanol–water partition coefficient (Wildman–Crippen LogP) is 7.90. The summed E-state index contributed by atoms with van der Waals surface area (Å²) in [6.45, 7) is 22.6. The van der Waals surface area contributed by atoms with Gasteiger partial charge >= 0.3 is 0 Å². The van der Waals surface area contributed by atoms with Crippen molar-refractivity contribution < 1.29 is 9.47 Å². The molecule has 0 heterocycles. The van der Waals surface area contributed by atoms with E-state index in [4.69, 9.17) is 9.47 Å². The van der Waals surface area contributed by atoms with Crippen molar-refractivity contribution in [3.8, 4) is 11.5 Å². The van der Waals surface area contributed by atoms with Crippen LogP contribution in [0.3, 0.4) is 0 Å². The first-order valence-electron chi connectivity index (χ1n) is 11.7. The van der Waals surface area contributed by atoms with Gasteiger partial charge in [0.15, 0.2) is 0 Å². The highest BCUT2D eigenvalue weighted by molar-refractivity contribution is 6.06. The van der Waals surface area contributed by atoms with Gasteiger partial charge in [0.1, 0.15) is 11.5 Å². The molecule has 0 N–H and O–H groups in total. The van der Waals surface area contributed by atoms with Gasteiger partial charge in [0.2, 0.25) is 0 Å². The quantitative estimate of drug-likeness (QED) is 0.480. The number of hydrogen-bond donors (Lipinski definition) is 0. The molecular weight excluding hydrogens is 392 g/mol. The molecule has 0 fully saturated rings. The van der Waals surface area contributed by atoms with Gasteiger partial charge in [-0.2, -0.15) is 0 Å². The molecule has 1 aliphatic carbocycles. The van der Waals surface area contributed by atoms with Crippen LogP contribution in [0.5, 0.6) is 11.5 Å². The van der Waals surface area contributed by atoms with Crippen molar-refractivity contribution in [2.75, 3.05) is 14.2 Å². The van der Waals surface area contributed by atoms with E-state index in [2.05, 4.69) is 79.0 Å². The van der Waals surface area contributed by atoms with Crippen LogP contribution in [0.25, 0.3) is 11.1 Å². The van der Waals surface area contributed by atoms with E-state index in [1.165, 1.54) is 22.3 Å². The molecule has 2 aromatic carbocycles. The Balaban J connectivity index is 2.30. The molecule has 1 aliphatic rings. The standard InChI is InChI=1S/C30H40O2/c1-19-20(2)26-18-24(30(6,7)8)16-22(28(26)32-10)14-12-11-13-21-15-23(29(3,4)5)17-25(19)27(21)31-9/h15-18H,1-2,11-14H2,3-10H3. The van der Waals surface area contributed by atoms with E-state index < -0.39 is 0 Å². The van der Waals surface area contributed by atoms with Gasteiger partial charge in [-0.25, -0.2) is 0 Å². The predicted molar refractivity (Wildman–Crippen MR) is 138 cm³/mol. The van der Waals surface area contributed by atoms with Gasteiger partial charge in [0.25, 0.3) is 0 Å². The molecule has 0 amide bonds. The normalized spacial score (nSPS) is 15.1. The lowest BCUT2D eigenvalue weighted by atomic mass is 9.79. The first-order chi connectivity index (χ1) is 14.9. The van der Waals surface area contributed by atoms with Crippen LogP contribution in [0.15, 0.2) is 37.4 Å². The number of ether oxygens (including phenoxy) is 2. The van der Waals surface area contributed by atoms with E-state index in [1.807, 2.05) is 0 Å². The summed E-state index contributed by atoms with van der Waals surface area (Å²) < 4.78 is 11.9. The van der Waals surface area contributed by atoms with Crippen molar-refractivity contribution in [1.82, 2.24) is 0 Å². The Labute approximate surface area is 195 Å². The fourth-order valence-electron chi connectivity index (χ4n) is 4.50. The van der Waals surface area contributed by atoms with Gasteiger partial charge in [-0.15, -0.1) is 0 Å². The van der Waals surface area contributed by atoms with Crippen LogP contribution in [0.1, 0.15) is 87.8 Å². The minimum absolute atomic E-state index is 0.0332. The lowest BCUT2D eigenvalue weighted by Crippen LogP contribution is -2.14. The van der Waals surface area contributed by atoms with Gasteiger partial charge in [0, 0.05) is 11.1 Å². The molecule has 2 aromatic rings. The molecule has 0 unspecified atom stereocenters. The smallest absolute Gasteiger partial charge is 0.129 e. The van der Waals surface area contributed by atoms with Gasteiger partial charge < -0.3 is 9.47 Å². The molecule has 0 aliphatic heterocycles. The van der Waals surface area contributed by atoms with Crippen molar-refractivity contribution >= 4 is 11.1 Å². The zero-order chi connectivity index (χ0) is 23.8. The van der Waals surface area contributed by atoms with Crippen LogP contribution in [-0.2, 0) is 23.7 Å². The molecule has 0 atom stereocenters. The van der Waals surface area contributed by atoms with Crippen molar-refractivity contribution in [2.45, 2.75) is 78.1 Å². The van der Waals surface area contributed by atoms with Crippen LogP contribution < -0.4 is 9.47 Å². The maximum atomic E-state index is 5.97.